The number of allylic oxidation sites excluding steroid dienone is 1. The molecule has 4 aromatic carbocycles. The van der Waals surface area contributed by atoms with Crippen molar-refractivity contribution in [3.63, 3.8) is 0 Å². The van der Waals surface area contributed by atoms with Gasteiger partial charge in [0.1, 0.15) is 5.75 Å². The minimum atomic E-state index is -0.149. The number of amides is 2. The number of nitrogens with zero attached hydrogens (tertiary/aromatic N) is 3. The second-order valence-corrected chi connectivity index (χ2v) is 9.66. The molecular weight excluding hydrogens is 496 g/mol. The average molecular weight is 531 g/mol. The van der Waals surface area contributed by atoms with Crippen LogP contribution in [0.15, 0.2) is 114 Å². The Labute approximate surface area is 236 Å². The van der Waals surface area contributed by atoms with Gasteiger partial charge in [0.25, 0.3) is 0 Å². The van der Waals surface area contributed by atoms with E-state index in [0.29, 0.717) is 19.6 Å². The van der Waals surface area contributed by atoms with Gasteiger partial charge in [0.15, 0.2) is 0 Å². The molecular formula is C34H34N4O2. The van der Waals surface area contributed by atoms with Crippen LogP contribution in [0.25, 0.3) is 17.2 Å². The molecule has 0 aromatic heterocycles. The van der Waals surface area contributed by atoms with Crippen molar-refractivity contribution in [3.05, 3.63) is 126 Å². The van der Waals surface area contributed by atoms with Crippen molar-refractivity contribution < 1.29 is 9.53 Å². The minimum Gasteiger partial charge on any atom is -0.497 e. The molecule has 1 aliphatic rings. The molecule has 202 valence electrons. The monoisotopic (exact) mass is 530 g/mol. The maximum atomic E-state index is 14.0. The van der Waals surface area contributed by atoms with Gasteiger partial charge in [-0.25, -0.2) is 9.80 Å². The van der Waals surface area contributed by atoms with Gasteiger partial charge in [0.05, 0.1) is 25.1 Å². The SMILES string of the molecule is COc1ccc(C=CC2=NN(CCCCN)C(=O)N(Cc3ccc(-c4ccccc4)cc3)c3ccccc32)cc1. The first kappa shape index (κ1) is 26.9. The Hall–Kier alpha value is -4.68. The number of carbonyl (C=O) groups is 1. The zero-order chi connectivity index (χ0) is 27.7. The highest BCUT2D eigenvalue weighted by atomic mass is 16.5. The van der Waals surface area contributed by atoms with Crippen LogP contribution in [0.1, 0.15) is 29.5 Å². The average Bonchev–Trinajstić information content (AvgIpc) is 3.12. The van der Waals surface area contributed by atoms with Gasteiger partial charge >= 0.3 is 6.03 Å². The number of ether oxygens (including phenoxy) is 1. The van der Waals surface area contributed by atoms with Crippen LogP contribution in [-0.2, 0) is 6.54 Å². The van der Waals surface area contributed by atoms with Crippen LogP contribution in [0.5, 0.6) is 5.75 Å². The van der Waals surface area contributed by atoms with Crippen molar-refractivity contribution in [2.45, 2.75) is 19.4 Å². The second kappa shape index (κ2) is 12.9. The number of benzene rings is 4. The number of urea groups is 1. The van der Waals surface area contributed by atoms with Gasteiger partial charge in [-0.05, 0) is 65.9 Å². The van der Waals surface area contributed by atoms with Crippen LogP contribution in [0.2, 0.25) is 0 Å². The van der Waals surface area contributed by atoms with E-state index < -0.39 is 0 Å². The van der Waals surface area contributed by atoms with Crippen molar-refractivity contribution in [3.8, 4) is 16.9 Å². The molecule has 1 heterocycles. The lowest BCUT2D eigenvalue weighted by atomic mass is 10.0. The zero-order valence-electron chi connectivity index (χ0n) is 22.7. The quantitative estimate of drug-likeness (QED) is 0.225. The van der Waals surface area contributed by atoms with Crippen LogP contribution in [0.4, 0.5) is 10.5 Å². The van der Waals surface area contributed by atoms with Crippen molar-refractivity contribution in [2.24, 2.45) is 10.8 Å². The summed E-state index contributed by atoms with van der Waals surface area (Å²) in [6.45, 7) is 1.50. The third kappa shape index (κ3) is 6.30. The van der Waals surface area contributed by atoms with E-state index in [1.807, 2.05) is 83.8 Å². The Balaban J connectivity index is 1.47. The summed E-state index contributed by atoms with van der Waals surface area (Å²) in [7, 11) is 1.65. The Bertz CT molecular complexity index is 1480. The Morgan fingerprint density at radius 2 is 1.50 bits per heavy atom. The molecule has 0 radical (unpaired) electrons. The third-order valence-electron chi connectivity index (χ3n) is 6.93. The van der Waals surface area contributed by atoms with E-state index in [9.17, 15) is 4.79 Å². The van der Waals surface area contributed by atoms with Crippen LogP contribution >= 0.6 is 0 Å². The number of rotatable bonds is 10. The van der Waals surface area contributed by atoms with Crippen molar-refractivity contribution in [1.29, 1.82) is 0 Å². The molecule has 40 heavy (non-hydrogen) atoms. The molecule has 0 unspecified atom stereocenters. The maximum Gasteiger partial charge on any atom is 0.345 e. The summed E-state index contributed by atoms with van der Waals surface area (Å²) in [6.07, 6.45) is 5.58. The first-order valence-corrected chi connectivity index (χ1v) is 13.6. The molecule has 4 aromatic rings. The van der Waals surface area contributed by atoms with Gasteiger partial charge in [-0.1, -0.05) is 91.0 Å². The highest BCUT2D eigenvalue weighted by Gasteiger charge is 2.29. The summed E-state index contributed by atoms with van der Waals surface area (Å²) in [5.41, 5.74) is 12.6. The van der Waals surface area contributed by atoms with Crippen molar-refractivity contribution in [1.82, 2.24) is 5.01 Å². The lowest BCUT2D eigenvalue weighted by molar-refractivity contribution is 0.206. The number of hydrogen-bond acceptors (Lipinski definition) is 4. The number of carbonyl (C=O) groups excluding carboxylic acids is 1. The fourth-order valence-electron chi connectivity index (χ4n) is 4.73. The van der Waals surface area contributed by atoms with Gasteiger partial charge in [0, 0.05) is 12.1 Å². The van der Waals surface area contributed by atoms with E-state index >= 15 is 0 Å². The third-order valence-corrected chi connectivity index (χ3v) is 6.93. The van der Waals surface area contributed by atoms with E-state index in [2.05, 4.69) is 36.4 Å². The zero-order valence-corrected chi connectivity index (χ0v) is 22.7. The Morgan fingerprint density at radius 1 is 0.800 bits per heavy atom. The first-order valence-electron chi connectivity index (χ1n) is 13.6. The molecule has 0 saturated heterocycles. The van der Waals surface area contributed by atoms with Crippen LogP contribution < -0.4 is 15.4 Å². The lowest BCUT2D eigenvalue weighted by Gasteiger charge is -2.26. The molecule has 2 amide bonds. The molecule has 0 bridgehead atoms. The van der Waals surface area contributed by atoms with Crippen LogP contribution in [-0.4, -0.2) is 37.0 Å². The fourth-order valence-corrected chi connectivity index (χ4v) is 4.73. The summed E-state index contributed by atoms with van der Waals surface area (Å²) in [6, 6.07) is 34.3. The summed E-state index contributed by atoms with van der Waals surface area (Å²) in [5.74, 6) is 0.804. The smallest absolute Gasteiger partial charge is 0.345 e. The molecule has 0 fully saturated rings. The van der Waals surface area contributed by atoms with Crippen molar-refractivity contribution >= 4 is 23.5 Å². The number of unbranched alkanes of at least 4 members (excludes halogenated alkanes) is 1. The molecule has 6 heteroatoms. The van der Waals surface area contributed by atoms with E-state index in [4.69, 9.17) is 15.6 Å². The molecule has 6 nitrogen and oxygen atoms in total. The Morgan fingerprint density at radius 3 is 2.23 bits per heavy atom. The topological polar surface area (TPSA) is 71.2 Å². The summed E-state index contributed by atoms with van der Waals surface area (Å²) >= 11 is 0. The van der Waals surface area contributed by atoms with Gasteiger partial charge in [-0.3, -0.25) is 4.90 Å². The standard InChI is InChI=1S/C34H34N4O2/c1-40-30-20-15-26(16-21-30)17-22-32-31-11-5-6-12-33(31)37(34(39)38(36-32)24-8-7-23-35)25-27-13-18-29(19-14-27)28-9-3-2-4-10-28/h2-6,9-22H,7-8,23-25,35H2,1H3. The summed E-state index contributed by atoms with van der Waals surface area (Å²) < 4.78 is 5.28. The molecule has 5 rings (SSSR count). The number of hydrogen-bond donors (Lipinski definition) is 1. The first-order chi connectivity index (χ1) is 19.7. The number of fused-ring (bicyclic) bond motifs is 1. The van der Waals surface area contributed by atoms with Gasteiger partial charge in [0.2, 0.25) is 0 Å². The number of anilines is 1. The molecule has 0 aliphatic carbocycles. The molecule has 0 spiro atoms. The molecule has 2 N–H and O–H groups in total. The number of hydrazone groups is 1. The largest absolute Gasteiger partial charge is 0.497 e. The normalized spacial score (nSPS) is 13.2. The highest BCUT2D eigenvalue weighted by Crippen LogP contribution is 2.29. The van der Waals surface area contributed by atoms with E-state index in [1.165, 1.54) is 0 Å². The summed E-state index contributed by atoms with van der Waals surface area (Å²) in [4.78, 5) is 15.8. The molecule has 0 saturated carbocycles. The fraction of sp³-hybridized carbons (Fsp3) is 0.176. The number of nitrogens with two attached hydrogens (primary N) is 1. The van der Waals surface area contributed by atoms with Crippen LogP contribution in [0.3, 0.4) is 0 Å². The van der Waals surface area contributed by atoms with E-state index in [1.54, 1.807) is 12.1 Å². The lowest BCUT2D eigenvalue weighted by Crippen LogP contribution is -2.40. The highest BCUT2D eigenvalue weighted by molar-refractivity contribution is 6.17. The predicted octanol–water partition coefficient (Wildman–Crippen LogP) is 6.96. The molecule has 0 atom stereocenters. The second-order valence-electron chi connectivity index (χ2n) is 9.66. The Kier molecular flexibility index (Phi) is 8.69. The number of para-hydroxylation sites is 1. The number of methoxy groups -OCH3 is 1. The molecule has 1 aliphatic heterocycles. The van der Waals surface area contributed by atoms with Gasteiger partial charge in [-0.2, -0.15) is 5.10 Å². The van der Waals surface area contributed by atoms with E-state index in [-0.39, 0.29) is 6.03 Å². The van der Waals surface area contributed by atoms with E-state index in [0.717, 1.165) is 57.8 Å². The van der Waals surface area contributed by atoms with Gasteiger partial charge in [-0.15, -0.1) is 0 Å². The maximum absolute atomic E-state index is 14.0. The van der Waals surface area contributed by atoms with Crippen LogP contribution in [0, 0.1) is 0 Å². The summed E-state index contributed by atoms with van der Waals surface area (Å²) in [5, 5.41) is 6.46. The van der Waals surface area contributed by atoms with Gasteiger partial charge < -0.3 is 10.5 Å². The van der Waals surface area contributed by atoms with Crippen molar-refractivity contribution in [2.75, 3.05) is 25.1 Å². The predicted molar refractivity (Wildman–Crippen MR) is 163 cm³/mol. The minimum absolute atomic E-state index is 0.149.